The minimum absolute atomic E-state index is 0.361. The van der Waals surface area contributed by atoms with Crippen LogP contribution in [0, 0.1) is 25.2 Å². The first kappa shape index (κ1) is 10.4. The van der Waals surface area contributed by atoms with Crippen molar-refractivity contribution in [3.05, 3.63) is 47.3 Å². The van der Waals surface area contributed by atoms with E-state index in [1.165, 1.54) is 5.56 Å². The molecular weight excluding hydrogens is 198 g/mol. The van der Waals surface area contributed by atoms with Gasteiger partial charge in [0.2, 0.25) is 0 Å². The molecule has 2 aromatic rings. The van der Waals surface area contributed by atoms with Crippen LogP contribution in [0.15, 0.2) is 30.3 Å². The summed E-state index contributed by atoms with van der Waals surface area (Å²) in [5.74, 6) is 0. The summed E-state index contributed by atoms with van der Waals surface area (Å²) in [6.45, 7) is 4.05. The van der Waals surface area contributed by atoms with Crippen LogP contribution in [-0.2, 0) is 6.42 Å². The molecule has 3 nitrogen and oxygen atoms in total. The molecule has 0 aliphatic carbocycles. The van der Waals surface area contributed by atoms with Crippen LogP contribution in [-0.4, -0.2) is 9.78 Å². The van der Waals surface area contributed by atoms with Crippen molar-refractivity contribution in [3.63, 3.8) is 0 Å². The highest BCUT2D eigenvalue weighted by Gasteiger charge is 2.05. The van der Waals surface area contributed by atoms with Crippen LogP contribution in [0.1, 0.15) is 17.0 Å². The van der Waals surface area contributed by atoms with Gasteiger partial charge in [-0.3, -0.25) is 0 Å². The summed E-state index contributed by atoms with van der Waals surface area (Å²) >= 11 is 0. The highest BCUT2D eigenvalue weighted by atomic mass is 15.3. The van der Waals surface area contributed by atoms with Crippen molar-refractivity contribution in [2.24, 2.45) is 0 Å². The van der Waals surface area contributed by atoms with Crippen molar-refractivity contribution in [1.82, 2.24) is 9.78 Å². The first-order valence-corrected chi connectivity index (χ1v) is 5.20. The van der Waals surface area contributed by atoms with Gasteiger partial charge in [-0.25, -0.2) is 4.68 Å². The van der Waals surface area contributed by atoms with E-state index in [1.807, 2.05) is 29.8 Å². The van der Waals surface area contributed by atoms with Crippen LogP contribution in [0.3, 0.4) is 0 Å². The molecule has 2 rings (SSSR count). The Hall–Kier alpha value is -2.08. The number of nitrogens with zero attached hydrogens (tertiary/aromatic N) is 3. The second-order valence-electron chi connectivity index (χ2n) is 3.86. The lowest BCUT2D eigenvalue weighted by molar-refractivity contribution is 0.825. The fourth-order valence-electron chi connectivity index (χ4n) is 1.73. The maximum absolute atomic E-state index is 8.64. The Bertz CT molecular complexity index is 547. The number of hydrogen-bond acceptors (Lipinski definition) is 2. The lowest BCUT2D eigenvalue weighted by Gasteiger charge is -2.04. The van der Waals surface area contributed by atoms with Crippen LogP contribution < -0.4 is 0 Å². The van der Waals surface area contributed by atoms with Crippen molar-refractivity contribution in [3.8, 4) is 11.8 Å². The van der Waals surface area contributed by atoms with E-state index < -0.39 is 0 Å². The Balaban J connectivity index is 2.44. The van der Waals surface area contributed by atoms with E-state index >= 15 is 0 Å². The molecule has 0 saturated carbocycles. The molecule has 16 heavy (non-hydrogen) atoms. The summed E-state index contributed by atoms with van der Waals surface area (Å²) < 4.78 is 1.87. The number of benzene rings is 1. The third-order valence-corrected chi connectivity index (χ3v) is 2.44. The summed E-state index contributed by atoms with van der Waals surface area (Å²) in [5.41, 5.74) is 4.12. The van der Waals surface area contributed by atoms with Crippen molar-refractivity contribution in [1.29, 1.82) is 5.26 Å². The number of aryl methyl sites for hydroxylation is 2. The van der Waals surface area contributed by atoms with Gasteiger partial charge in [-0.1, -0.05) is 12.1 Å². The molecule has 0 radical (unpaired) electrons. The Morgan fingerprint density at radius 1 is 1.31 bits per heavy atom. The standard InChI is InChI=1S/C13H13N3/c1-10-4-3-5-13(8-10)16-11(2)9-12(15-16)6-7-14/h3-5,8-9H,6H2,1-2H3. The largest absolute Gasteiger partial charge is 0.238 e. The molecule has 1 aromatic heterocycles. The Kier molecular flexibility index (Phi) is 2.74. The first-order chi connectivity index (χ1) is 7.70. The van der Waals surface area contributed by atoms with Crippen molar-refractivity contribution >= 4 is 0 Å². The SMILES string of the molecule is Cc1cccc(-n2nc(CC#N)cc2C)c1. The van der Waals surface area contributed by atoms with Crippen molar-refractivity contribution in [2.45, 2.75) is 20.3 Å². The predicted octanol–water partition coefficient (Wildman–Crippen LogP) is 2.56. The molecule has 0 atom stereocenters. The smallest absolute Gasteiger partial charge is 0.0793 e. The van der Waals surface area contributed by atoms with Crippen molar-refractivity contribution in [2.75, 3.05) is 0 Å². The maximum atomic E-state index is 8.64. The molecular formula is C13H13N3. The molecule has 0 unspecified atom stereocenters. The lowest BCUT2D eigenvalue weighted by atomic mass is 10.2. The fourth-order valence-corrected chi connectivity index (χ4v) is 1.73. The van der Waals surface area contributed by atoms with Gasteiger partial charge in [0, 0.05) is 5.69 Å². The molecule has 1 heterocycles. The highest BCUT2D eigenvalue weighted by molar-refractivity contribution is 5.36. The zero-order valence-electron chi connectivity index (χ0n) is 9.44. The highest BCUT2D eigenvalue weighted by Crippen LogP contribution is 2.13. The Morgan fingerprint density at radius 3 is 2.81 bits per heavy atom. The molecule has 3 heteroatoms. The van der Waals surface area contributed by atoms with Crippen LogP contribution in [0.4, 0.5) is 0 Å². The maximum Gasteiger partial charge on any atom is 0.0793 e. The van der Waals surface area contributed by atoms with E-state index in [0.29, 0.717) is 6.42 Å². The van der Waals surface area contributed by atoms with Crippen LogP contribution in [0.2, 0.25) is 0 Å². The van der Waals surface area contributed by atoms with Gasteiger partial charge in [-0.2, -0.15) is 10.4 Å². The first-order valence-electron chi connectivity index (χ1n) is 5.20. The normalized spacial score (nSPS) is 10.1. The summed E-state index contributed by atoms with van der Waals surface area (Å²) in [4.78, 5) is 0. The number of hydrogen-bond donors (Lipinski definition) is 0. The van der Waals surface area contributed by atoms with E-state index in [-0.39, 0.29) is 0 Å². The van der Waals surface area contributed by atoms with Gasteiger partial charge in [0.1, 0.15) is 0 Å². The van der Waals surface area contributed by atoms with Crippen LogP contribution >= 0.6 is 0 Å². The van der Waals surface area contributed by atoms with Crippen LogP contribution in [0.5, 0.6) is 0 Å². The van der Waals surface area contributed by atoms with Gasteiger partial charge in [0.15, 0.2) is 0 Å². The minimum Gasteiger partial charge on any atom is -0.238 e. The minimum atomic E-state index is 0.361. The van der Waals surface area contributed by atoms with E-state index in [1.54, 1.807) is 0 Å². The summed E-state index contributed by atoms with van der Waals surface area (Å²) in [6, 6.07) is 12.2. The molecule has 0 amide bonds. The molecule has 0 aliphatic heterocycles. The molecule has 0 bridgehead atoms. The topological polar surface area (TPSA) is 41.6 Å². The molecule has 0 fully saturated rings. The average molecular weight is 211 g/mol. The van der Waals surface area contributed by atoms with Gasteiger partial charge in [0.05, 0.1) is 23.9 Å². The van der Waals surface area contributed by atoms with E-state index in [2.05, 4.69) is 30.2 Å². The molecule has 0 N–H and O–H groups in total. The molecule has 0 aliphatic rings. The number of aromatic nitrogens is 2. The Labute approximate surface area is 94.9 Å². The molecule has 0 saturated heterocycles. The second kappa shape index (κ2) is 4.19. The lowest BCUT2D eigenvalue weighted by Crippen LogP contribution is -1.99. The second-order valence-corrected chi connectivity index (χ2v) is 3.86. The summed E-state index contributed by atoms with van der Waals surface area (Å²) in [6.07, 6.45) is 0.361. The number of rotatable bonds is 2. The van der Waals surface area contributed by atoms with Gasteiger partial charge >= 0.3 is 0 Å². The third kappa shape index (κ3) is 1.96. The quantitative estimate of drug-likeness (QED) is 0.766. The molecule has 80 valence electrons. The van der Waals surface area contributed by atoms with Gasteiger partial charge < -0.3 is 0 Å². The molecule has 1 aromatic carbocycles. The van der Waals surface area contributed by atoms with Crippen molar-refractivity contribution < 1.29 is 0 Å². The van der Waals surface area contributed by atoms with E-state index in [0.717, 1.165) is 17.1 Å². The monoisotopic (exact) mass is 211 g/mol. The predicted molar refractivity (Wildman–Crippen MR) is 62.4 cm³/mol. The summed E-state index contributed by atoms with van der Waals surface area (Å²) in [5, 5.41) is 13.0. The van der Waals surface area contributed by atoms with Gasteiger partial charge in [-0.15, -0.1) is 0 Å². The summed E-state index contributed by atoms with van der Waals surface area (Å²) in [7, 11) is 0. The zero-order valence-corrected chi connectivity index (χ0v) is 9.44. The fraction of sp³-hybridized carbons (Fsp3) is 0.231. The zero-order chi connectivity index (χ0) is 11.5. The van der Waals surface area contributed by atoms with Gasteiger partial charge in [0.25, 0.3) is 0 Å². The molecule has 0 spiro atoms. The van der Waals surface area contributed by atoms with E-state index in [4.69, 9.17) is 5.26 Å². The van der Waals surface area contributed by atoms with E-state index in [9.17, 15) is 0 Å². The Morgan fingerprint density at radius 2 is 2.12 bits per heavy atom. The van der Waals surface area contributed by atoms with Gasteiger partial charge in [-0.05, 0) is 37.6 Å². The van der Waals surface area contributed by atoms with Crippen LogP contribution in [0.25, 0.3) is 5.69 Å². The number of nitriles is 1. The average Bonchev–Trinajstić information content (AvgIpc) is 2.60. The third-order valence-electron chi connectivity index (χ3n) is 2.44.